The molecule has 0 aliphatic carbocycles. The first-order chi connectivity index (χ1) is 5.66. The largest absolute Gasteiger partial charge is 0.508 e. The predicted octanol–water partition coefficient (Wildman–Crippen LogP) is 3.85. The van der Waals surface area contributed by atoms with E-state index >= 15 is 0 Å². The third-order valence-corrected chi connectivity index (χ3v) is 4.01. The molecule has 0 aromatic heterocycles. The molecule has 12 heavy (non-hydrogen) atoms. The number of hydrogen-bond acceptors (Lipinski definition) is 1. The third-order valence-electron chi connectivity index (χ3n) is 1.52. The van der Waals surface area contributed by atoms with E-state index in [1.165, 1.54) is 0 Å². The molecule has 4 heteroatoms. The first-order valence-corrected chi connectivity index (χ1v) is 6.09. The summed E-state index contributed by atoms with van der Waals surface area (Å²) in [6.45, 7) is 0. The van der Waals surface area contributed by atoms with Crippen molar-refractivity contribution in [1.29, 1.82) is 0 Å². The van der Waals surface area contributed by atoms with Gasteiger partial charge in [0.25, 0.3) is 0 Å². The summed E-state index contributed by atoms with van der Waals surface area (Å²) in [6, 6.07) is 3.50. The first-order valence-electron chi connectivity index (χ1n) is 3.38. The van der Waals surface area contributed by atoms with Crippen molar-refractivity contribution in [2.24, 2.45) is 0 Å². The maximum atomic E-state index is 9.48. The maximum Gasteiger partial charge on any atom is 0.120 e. The van der Waals surface area contributed by atoms with Gasteiger partial charge in [-0.05, 0) is 50.4 Å². The number of halogens is 3. The lowest BCUT2D eigenvalue weighted by Gasteiger charge is -2.06. The van der Waals surface area contributed by atoms with E-state index in [4.69, 9.17) is 0 Å². The highest BCUT2D eigenvalue weighted by Gasteiger charge is 2.07. The zero-order chi connectivity index (χ0) is 9.14. The average molecular weight is 359 g/mol. The van der Waals surface area contributed by atoms with Crippen molar-refractivity contribution >= 4 is 47.8 Å². The van der Waals surface area contributed by atoms with Gasteiger partial charge >= 0.3 is 0 Å². The van der Waals surface area contributed by atoms with Crippen LogP contribution in [0.4, 0.5) is 0 Å². The Balaban J connectivity index is 3.14. The van der Waals surface area contributed by atoms with Crippen LogP contribution < -0.4 is 0 Å². The van der Waals surface area contributed by atoms with Crippen LogP contribution in [-0.2, 0) is 6.42 Å². The Bertz CT molecular complexity index is 286. The Morgan fingerprint density at radius 1 is 1.25 bits per heavy atom. The van der Waals surface area contributed by atoms with Gasteiger partial charge in [0.2, 0.25) is 0 Å². The molecule has 0 unspecified atom stereocenters. The summed E-state index contributed by atoms with van der Waals surface area (Å²) in [5.41, 5.74) is 0.932. The molecule has 0 saturated heterocycles. The van der Waals surface area contributed by atoms with Gasteiger partial charge in [0.15, 0.2) is 0 Å². The fourth-order valence-corrected chi connectivity index (χ4v) is 2.22. The second-order valence-corrected chi connectivity index (χ2v) is 4.74. The van der Waals surface area contributed by atoms with Gasteiger partial charge in [-0.2, -0.15) is 0 Å². The molecule has 0 heterocycles. The molecule has 1 rings (SSSR count). The van der Waals surface area contributed by atoms with Crippen LogP contribution in [0.25, 0.3) is 0 Å². The van der Waals surface area contributed by atoms with Gasteiger partial charge in [-0.1, -0.05) is 15.9 Å². The van der Waals surface area contributed by atoms with Gasteiger partial charge in [-0.3, -0.25) is 0 Å². The molecule has 0 aliphatic heterocycles. The molecule has 0 atom stereocenters. The van der Waals surface area contributed by atoms with E-state index in [0.29, 0.717) is 5.75 Å². The van der Waals surface area contributed by atoms with Crippen molar-refractivity contribution in [3.63, 3.8) is 0 Å². The van der Waals surface area contributed by atoms with Crippen molar-refractivity contribution in [3.8, 4) is 5.75 Å². The van der Waals surface area contributed by atoms with Crippen molar-refractivity contribution in [2.75, 3.05) is 5.33 Å². The number of phenolic OH excluding ortho intramolecular Hbond substituents is 1. The van der Waals surface area contributed by atoms with Crippen LogP contribution in [0.15, 0.2) is 21.1 Å². The van der Waals surface area contributed by atoms with Gasteiger partial charge in [-0.25, -0.2) is 0 Å². The summed E-state index contributed by atoms with van der Waals surface area (Å²) in [6.07, 6.45) is 0.811. The molecule has 0 aliphatic rings. The predicted molar refractivity (Wildman–Crippen MR) is 61.0 cm³/mol. The molecule has 0 bridgehead atoms. The fourth-order valence-electron chi connectivity index (χ4n) is 0.915. The van der Waals surface area contributed by atoms with E-state index in [2.05, 4.69) is 47.8 Å². The van der Waals surface area contributed by atoms with Crippen molar-refractivity contribution in [3.05, 3.63) is 26.6 Å². The Hall–Kier alpha value is 0.460. The Labute approximate surface area is 96.6 Å². The lowest BCUT2D eigenvalue weighted by molar-refractivity contribution is 0.468. The van der Waals surface area contributed by atoms with E-state index in [1.54, 1.807) is 6.07 Å². The van der Waals surface area contributed by atoms with Gasteiger partial charge in [-0.15, -0.1) is 0 Å². The Morgan fingerprint density at radius 3 is 2.50 bits per heavy atom. The molecule has 1 N–H and O–H groups in total. The van der Waals surface area contributed by atoms with E-state index in [9.17, 15) is 5.11 Å². The maximum absolute atomic E-state index is 9.48. The molecular weight excluding hydrogens is 352 g/mol. The van der Waals surface area contributed by atoms with Crippen LogP contribution in [0, 0.1) is 0 Å². The van der Waals surface area contributed by atoms with Crippen LogP contribution >= 0.6 is 47.8 Å². The van der Waals surface area contributed by atoms with Crippen molar-refractivity contribution in [1.82, 2.24) is 0 Å². The molecule has 0 saturated carbocycles. The summed E-state index contributed by atoms with van der Waals surface area (Å²) < 4.78 is 1.90. The van der Waals surface area contributed by atoms with Crippen LogP contribution in [0.1, 0.15) is 5.56 Å². The molecule has 0 radical (unpaired) electrons. The Kier molecular flexibility index (Phi) is 4.06. The van der Waals surface area contributed by atoms with Crippen molar-refractivity contribution in [2.45, 2.75) is 6.42 Å². The molecule has 1 aromatic carbocycles. The second-order valence-electron chi connectivity index (χ2n) is 2.30. The minimum absolute atomic E-state index is 0.338. The summed E-state index contributed by atoms with van der Waals surface area (Å²) in [5, 5.41) is 10.3. The first kappa shape index (κ1) is 10.5. The van der Waals surface area contributed by atoms with E-state index in [-0.39, 0.29) is 0 Å². The quantitative estimate of drug-likeness (QED) is 0.796. The van der Waals surface area contributed by atoms with Gasteiger partial charge in [0.05, 0.1) is 0 Å². The number of alkyl halides is 1. The number of benzene rings is 1. The summed E-state index contributed by atoms with van der Waals surface area (Å²) in [5.74, 6) is 0.338. The lowest BCUT2D eigenvalue weighted by Crippen LogP contribution is -1.89. The van der Waals surface area contributed by atoms with E-state index in [0.717, 1.165) is 26.3 Å². The molecule has 0 fully saturated rings. The van der Waals surface area contributed by atoms with Gasteiger partial charge in [0, 0.05) is 19.8 Å². The van der Waals surface area contributed by atoms with E-state index in [1.807, 2.05) is 6.07 Å². The van der Waals surface area contributed by atoms with Crippen LogP contribution in [0.5, 0.6) is 5.75 Å². The van der Waals surface area contributed by atoms with Crippen LogP contribution in [-0.4, -0.2) is 10.4 Å². The van der Waals surface area contributed by atoms with Crippen LogP contribution in [0.2, 0.25) is 0 Å². The second kappa shape index (κ2) is 4.63. The summed E-state index contributed by atoms with van der Waals surface area (Å²) in [4.78, 5) is 0. The molecule has 0 spiro atoms. The smallest absolute Gasteiger partial charge is 0.120 e. The molecule has 0 amide bonds. The Morgan fingerprint density at radius 2 is 1.92 bits per heavy atom. The number of hydrogen-bond donors (Lipinski definition) is 1. The molecule has 1 nitrogen and oxygen atoms in total. The highest BCUT2D eigenvalue weighted by molar-refractivity contribution is 9.13. The lowest BCUT2D eigenvalue weighted by atomic mass is 10.1. The molecule has 1 aromatic rings. The fraction of sp³-hybridized carbons (Fsp3) is 0.250. The van der Waals surface area contributed by atoms with Crippen LogP contribution in [0.3, 0.4) is 0 Å². The average Bonchev–Trinajstić information content (AvgIpc) is 2.06. The zero-order valence-electron chi connectivity index (χ0n) is 6.15. The van der Waals surface area contributed by atoms with Gasteiger partial charge in [0.1, 0.15) is 5.75 Å². The molecule has 66 valence electrons. The number of aromatic hydroxyl groups is 1. The number of rotatable bonds is 2. The monoisotopic (exact) mass is 356 g/mol. The standard InChI is InChI=1S/C8H7Br3O/c9-4-3-5-7(12)2-1-6(10)8(5)11/h1-2,12H,3-4H2. The third kappa shape index (κ3) is 2.24. The number of phenols is 1. The van der Waals surface area contributed by atoms with Crippen molar-refractivity contribution < 1.29 is 5.11 Å². The zero-order valence-corrected chi connectivity index (χ0v) is 10.9. The topological polar surface area (TPSA) is 20.2 Å². The highest BCUT2D eigenvalue weighted by atomic mass is 79.9. The SMILES string of the molecule is Oc1ccc(Br)c(Br)c1CCBr. The molecular formula is C8H7Br3O. The van der Waals surface area contributed by atoms with E-state index < -0.39 is 0 Å². The summed E-state index contributed by atoms with van der Waals surface area (Å²) >= 11 is 10.1. The summed E-state index contributed by atoms with van der Waals surface area (Å²) in [7, 11) is 0. The van der Waals surface area contributed by atoms with Gasteiger partial charge < -0.3 is 5.11 Å². The normalized spacial score (nSPS) is 10.2. The highest BCUT2D eigenvalue weighted by Crippen LogP contribution is 2.33. The minimum Gasteiger partial charge on any atom is -0.508 e. The minimum atomic E-state index is 0.338.